The number of ether oxygens (including phenoxy) is 2. The molecule has 0 unspecified atom stereocenters. The third kappa shape index (κ3) is 8.25. The van der Waals surface area contributed by atoms with Gasteiger partial charge in [0.2, 0.25) is 0 Å². The number of rotatable bonds is 11. The van der Waals surface area contributed by atoms with E-state index < -0.39 is 0 Å². The van der Waals surface area contributed by atoms with Crippen LogP contribution in [0.25, 0.3) is 0 Å². The molecule has 0 radical (unpaired) electrons. The lowest BCUT2D eigenvalue weighted by atomic mass is 10.0. The summed E-state index contributed by atoms with van der Waals surface area (Å²) >= 11 is 0. The zero-order valence-electron chi connectivity index (χ0n) is 17.5. The molecule has 1 aromatic carbocycles. The van der Waals surface area contributed by atoms with Crippen LogP contribution in [0.2, 0.25) is 0 Å². The van der Waals surface area contributed by atoms with Gasteiger partial charge in [0.05, 0.1) is 14.2 Å². The van der Waals surface area contributed by atoms with Crippen LogP contribution >= 0.6 is 0 Å². The molecule has 0 aliphatic carbocycles. The normalized spacial score (nSPS) is 12.1. The largest absolute Gasteiger partial charge is 0.497 e. The van der Waals surface area contributed by atoms with Crippen LogP contribution in [-0.4, -0.2) is 25.8 Å². The molecule has 1 rings (SSSR count). The van der Waals surface area contributed by atoms with Crippen LogP contribution in [0.5, 0.6) is 11.5 Å². The summed E-state index contributed by atoms with van der Waals surface area (Å²) < 4.78 is 10.8. The monoisotopic (exact) mass is 372 g/mol. The molecule has 0 bridgehead atoms. The van der Waals surface area contributed by atoms with E-state index in [-0.39, 0.29) is 11.6 Å². The zero-order chi connectivity index (χ0) is 20.4. The molecule has 1 aromatic rings. The highest BCUT2D eigenvalue weighted by molar-refractivity contribution is 5.91. The van der Waals surface area contributed by atoms with E-state index in [2.05, 4.69) is 6.08 Å². The number of benzene rings is 1. The molecule has 0 amide bonds. The highest BCUT2D eigenvalue weighted by atomic mass is 16.5. The Morgan fingerprint density at radius 1 is 1.00 bits per heavy atom. The smallest absolute Gasteiger partial charge is 0.159 e. The average molecular weight is 373 g/mol. The molecule has 4 nitrogen and oxygen atoms in total. The van der Waals surface area contributed by atoms with Crippen molar-refractivity contribution in [2.24, 2.45) is 0 Å². The molecule has 0 N–H and O–H groups in total. The molecule has 4 heteroatoms. The third-order valence-corrected chi connectivity index (χ3v) is 4.40. The average Bonchev–Trinajstić information content (AvgIpc) is 2.58. The topological polar surface area (TPSA) is 52.6 Å². The third-order valence-electron chi connectivity index (χ3n) is 4.40. The van der Waals surface area contributed by atoms with Crippen LogP contribution in [0, 0.1) is 6.92 Å². The van der Waals surface area contributed by atoms with Crippen molar-refractivity contribution in [2.45, 2.75) is 59.8 Å². The first kappa shape index (κ1) is 22.7. The van der Waals surface area contributed by atoms with Crippen molar-refractivity contribution in [3.63, 3.8) is 0 Å². The molecule has 27 heavy (non-hydrogen) atoms. The van der Waals surface area contributed by atoms with Crippen molar-refractivity contribution >= 4 is 11.6 Å². The van der Waals surface area contributed by atoms with Crippen molar-refractivity contribution in [1.29, 1.82) is 0 Å². The molecule has 0 spiro atoms. The van der Waals surface area contributed by atoms with Crippen molar-refractivity contribution in [3.8, 4) is 11.5 Å². The number of hydrogen-bond donors (Lipinski definition) is 0. The van der Waals surface area contributed by atoms with E-state index in [0.717, 1.165) is 46.6 Å². The van der Waals surface area contributed by atoms with E-state index in [9.17, 15) is 9.59 Å². The Morgan fingerprint density at radius 3 is 2.30 bits per heavy atom. The van der Waals surface area contributed by atoms with Crippen LogP contribution in [0.1, 0.15) is 57.6 Å². The number of carbonyl (C=O) groups excluding carboxylic acids is 2. The minimum Gasteiger partial charge on any atom is -0.497 e. The molecule has 0 atom stereocenters. The SMILES string of the molecule is COc1cc(C)c(OC)c(C/C=C(\C)CC(=O)/C=C(\C)CCCC(C)=O)c1. The van der Waals surface area contributed by atoms with Gasteiger partial charge in [0, 0.05) is 18.4 Å². The Balaban J connectivity index is 2.71. The Bertz CT molecular complexity index is 726. The van der Waals surface area contributed by atoms with Gasteiger partial charge < -0.3 is 14.3 Å². The lowest BCUT2D eigenvalue weighted by Crippen LogP contribution is -1.98. The van der Waals surface area contributed by atoms with Gasteiger partial charge in [-0.3, -0.25) is 4.79 Å². The van der Waals surface area contributed by atoms with Gasteiger partial charge in [0.1, 0.15) is 17.3 Å². The van der Waals surface area contributed by atoms with E-state index in [1.165, 1.54) is 0 Å². The fourth-order valence-corrected chi connectivity index (χ4v) is 3.02. The van der Waals surface area contributed by atoms with Crippen LogP contribution in [0.4, 0.5) is 0 Å². The van der Waals surface area contributed by atoms with Crippen LogP contribution in [0.15, 0.2) is 35.4 Å². The first-order chi connectivity index (χ1) is 12.8. The van der Waals surface area contributed by atoms with Gasteiger partial charge in [-0.25, -0.2) is 0 Å². The number of allylic oxidation sites excluding steroid dienone is 4. The van der Waals surface area contributed by atoms with Gasteiger partial charge in [-0.1, -0.05) is 17.2 Å². The molecule has 0 aliphatic heterocycles. The van der Waals surface area contributed by atoms with Gasteiger partial charge in [-0.05, 0) is 70.7 Å². The maximum atomic E-state index is 12.2. The second-order valence-electron chi connectivity index (χ2n) is 7.08. The second kappa shape index (κ2) is 11.4. The van der Waals surface area contributed by atoms with Crippen molar-refractivity contribution in [1.82, 2.24) is 0 Å². The van der Waals surface area contributed by atoms with E-state index in [0.29, 0.717) is 19.3 Å². The fraction of sp³-hybridized carbons (Fsp3) is 0.478. The van der Waals surface area contributed by atoms with Crippen LogP contribution < -0.4 is 9.47 Å². The standard InChI is InChI=1S/C23H32O4/c1-16(8-7-9-19(4)24)12-21(25)13-17(2)10-11-20-15-22(26-5)14-18(3)23(20)27-6/h10,12,14-15H,7-9,11,13H2,1-6H3/b16-12+,17-10+. The minimum absolute atomic E-state index is 0.0952. The summed E-state index contributed by atoms with van der Waals surface area (Å²) in [6.07, 6.45) is 7.00. The minimum atomic E-state index is 0.0952. The number of Topliss-reactive ketones (excluding diaryl/α,β-unsaturated/α-hetero) is 1. The Morgan fingerprint density at radius 2 is 1.70 bits per heavy atom. The Labute approximate surface area is 163 Å². The summed E-state index contributed by atoms with van der Waals surface area (Å²) in [5, 5.41) is 0. The van der Waals surface area contributed by atoms with Crippen molar-refractivity contribution in [3.05, 3.63) is 46.6 Å². The van der Waals surface area contributed by atoms with Crippen molar-refractivity contribution in [2.75, 3.05) is 14.2 Å². The highest BCUT2D eigenvalue weighted by Gasteiger charge is 2.09. The quantitative estimate of drug-likeness (QED) is 0.397. The van der Waals surface area contributed by atoms with E-state index in [4.69, 9.17) is 9.47 Å². The molecular weight excluding hydrogens is 340 g/mol. The summed E-state index contributed by atoms with van der Waals surface area (Å²) in [4.78, 5) is 23.2. The number of methoxy groups -OCH3 is 2. The molecule has 0 aliphatic rings. The molecule has 0 fully saturated rings. The van der Waals surface area contributed by atoms with Crippen LogP contribution in [-0.2, 0) is 16.0 Å². The summed E-state index contributed by atoms with van der Waals surface area (Å²) in [5.41, 5.74) is 4.12. The first-order valence-electron chi connectivity index (χ1n) is 9.33. The second-order valence-corrected chi connectivity index (χ2v) is 7.08. The first-order valence-corrected chi connectivity index (χ1v) is 9.33. The molecule has 0 heterocycles. The van der Waals surface area contributed by atoms with Crippen molar-refractivity contribution < 1.29 is 19.1 Å². The van der Waals surface area contributed by atoms with Gasteiger partial charge >= 0.3 is 0 Å². The van der Waals surface area contributed by atoms with E-state index in [1.807, 2.05) is 32.9 Å². The lowest BCUT2D eigenvalue weighted by Gasteiger charge is -2.12. The number of aryl methyl sites for hydroxylation is 1. The number of ketones is 2. The highest BCUT2D eigenvalue weighted by Crippen LogP contribution is 2.29. The molecular formula is C23H32O4. The number of hydrogen-bond acceptors (Lipinski definition) is 4. The van der Waals surface area contributed by atoms with Gasteiger partial charge in [-0.2, -0.15) is 0 Å². The summed E-state index contributed by atoms with van der Waals surface area (Å²) in [6, 6.07) is 3.92. The van der Waals surface area contributed by atoms with Gasteiger partial charge in [-0.15, -0.1) is 0 Å². The Hall–Kier alpha value is -2.36. The van der Waals surface area contributed by atoms with E-state index in [1.54, 1.807) is 27.2 Å². The summed E-state index contributed by atoms with van der Waals surface area (Å²) in [5.74, 6) is 1.94. The predicted molar refractivity (Wildman–Crippen MR) is 110 cm³/mol. The predicted octanol–water partition coefficient (Wildman–Crippen LogP) is 5.17. The maximum absolute atomic E-state index is 12.2. The Kier molecular flexibility index (Phi) is 9.55. The summed E-state index contributed by atoms with van der Waals surface area (Å²) in [6.45, 7) is 7.50. The molecule has 0 saturated heterocycles. The summed E-state index contributed by atoms with van der Waals surface area (Å²) in [7, 11) is 3.31. The lowest BCUT2D eigenvalue weighted by molar-refractivity contribution is -0.117. The van der Waals surface area contributed by atoms with Gasteiger partial charge in [0.25, 0.3) is 0 Å². The van der Waals surface area contributed by atoms with Crippen LogP contribution in [0.3, 0.4) is 0 Å². The fourth-order valence-electron chi connectivity index (χ4n) is 3.02. The molecule has 148 valence electrons. The molecule has 0 saturated carbocycles. The maximum Gasteiger partial charge on any atom is 0.159 e. The van der Waals surface area contributed by atoms with E-state index >= 15 is 0 Å². The zero-order valence-corrected chi connectivity index (χ0v) is 17.5. The van der Waals surface area contributed by atoms with Gasteiger partial charge in [0.15, 0.2) is 5.78 Å². The number of carbonyl (C=O) groups is 2. The molecule has 0 aromatic heterocycles.